The Hall–Kier alpha value is -2.80. The van der Waals surface area contributed by atoms with Crippen LogP contribution in [0.3, 0.4) is 0 Å². The predicted molar refractivity (Wildman–Crippen MR) is 167 cm³/mol. The Morgan fingerprint density at radius 1 is 1.16 bits per heavy atom. The van der Waals surface area contributed by atoms with Gasteiger partial charge in [-0.2, -0.15) is 0 Å². The van der Waals surface area contributed by atoms with Gasteiger partial charge in [-0.1, -0.05) is 25.0 Å². The number of likely N-dealkylation sites (tertiary alicyclic amines) is 1. The Balaban J connectivity index is 1.51. The van der Waals surface area contributed by atoms with E-state index in [-0.39, 0.29) is 30.9 Å². The number of esters is 1. The lowest BCUT2D eigenvalue weighted by Gasteiger charge is -2.37. The highest BCUT2D eigenvalue weighted by molar-refractivity contribution is 5.98. The van der Waals surface area contributed by atoms with Crippen LogP contribution >= 0.6 is 0 Å². The lowest BCUT2D eigenvalue weighted by atomic mass is 9.70. The largest absolute Gasteiger partial charge is 0.460 e. The van der Waals surface area contributed by atoms with Crippen molar-refractivity contribution >= 4 is 23.7 Å². The van der Waals surface area contributed by atoms with Crippen molar-refractivity contribution in [3.8, 4) is 0 Å². The highest BCUT2D eigenvalue weighted by Gasteiger charge is 2.75. The maximum absolute atomic E-state index is 14.5. The van der Waals surface area contributed by atoms with Gasteiger partial charge in [-0.15, -0.1) is 13.2 Å². The third-order valence-electron chi connectivity index (χ3n) is 9.54. The summed E-state index contributed by atoms with van der Waals surface area (Å²) in [6.45, 7) is 14.3. The summed E-state index contributed by atoms with van der Waals surface area (Å²) in [6, 6.07) is -0.846. The van der Waals surface area contributed by atoms with Crippen molar-refractivity contribution in [1.82, 2.24) is 20.0 Å². The predicted octanol–water partition coefficient (Wildman–Crippen LogP) is 1.27. The van der Waals surface area contributed by atoms with Crippen molar-refractivity contribution < 1.29 is 38.5 Å². The molecule has 12 heteroatoms. The number of morpholine rings is 1. The average molecular weight is 633 g/mol. The molecule has 0 saturated carbocycles. The van der Waals surface area contributed by atoms with Crippen molar-refractivity contribution in [2.45, 2.75) is 82.1 Å². The van der Waals surface area contributed by atoms with Gasteiger partial charge in [0.15, 0.2) is 0 Å². The normalized spacial score (nSPS) is 28.0. The molecule has 0 aromatic carbocycles. The summed E-state index contributed by atoms with van der Waals surface area (Å²) < 4.78 is 17.8. The maximum atomic E-state index is 14.5. The molecular weight excluding hydrogens is 580 g/mol. The molecule has 252 valence electrons. The first-order chi connectivity index (χ1) is 21.8. The number of nitrogens with zero attached hydrogens (tertiary/aromatic N) is 3. The number of unbranched alkanes of at least 4 members (excludes halogenated alkanes) is 3. The van der Waals surface area contributed by atoms with E-state index in [9.17, 15) is 24.3 Å². The number of fused-ring (bicyclic) bond motifs is 1. The minimum atomic E-state index is -1.10. The van der Waals surface area contributed by atoms with Crippen LogP contribution < -0.4 is 5.32 Å². The fourth-order valence-corrected chi connectivity index (χ4v) is 7.29. The average Bonchev–Trinajstić information content (AvgIpc) is 3.68. The molecule has 2 N–H and O–H groups in total. The van der Waals surface area contributed by atoms with Crippen molar-refractivity contribution in [2.75, 3.05) is 65.6 Å². The summed E-state index contributed by atoms with van der Waals surface area (Å²) >= 11 is 0. The second-order valence-electron chi connectivity index (χ2n) is 12.6. The number of amides is 3. The van der Waals surface area contributed by atoms with Crippen LogP contribution in [0, 0.1) is 11.8 Å². The highest BCUT2D eigenvalue weighted by Crippen LogP contribution is 2.58. The highest BCUT2D eigenvalue weighted by atomic mass is 16.6. The Bertz CT molecular complexity index is 1070. The van der Waals surface area contributed by atoms with Crippen LogP contribution in [0.25, 0.3) is 0 Å². The van der Waals surface area contributed by atoms with E-state index < -0.39 is 41.7 Å². The molecule has 4 heterocycles. The van der Waals surface area contributed by atoms with Gasteiger partial charge in [0.1, 0.15) is 17.7 Å². The third-order valence-corrected chi connectivity index (χ3v) is 9.54. The quantitative estimate of drug-likeness (QED) is 0.123. The number of hydrogen-bond acceptors (Lipinski definition) is 9. The summed E-state index contributed by atoms with van der Waals surface area (Å²) in [5.74, 6) is -2.73. The molecule has 4 saturated heterocycles. The van der Waals surface area contributed by atoms with Crippen LogP contribution in [0.5, 0.6) is 0 Å². The lowest BCUT2D eigenvalue weighted by molar-refractivity contribution is -0.159. The van der Waals surface area contributed by atoms with Crippen molar-refractivity contribution in [1.29, 1.82) is 0 Å². The number of ether oxygens (including phenoxy) is 3. The standard InChI is InChI=1S/C33H52N4O8/c1-4-6-11-26(39)34-23-24(3)44-32(42)27-25-12-13-33(45-25)28(27)30(40)37(15-9-7-8-10-20-38)29(33)31(41)36(14-5-2)17-16-35-18-21-43-22-19-35/h4-5,24-25,27-29,38H,1-2,6-23H2,3H3,(H,34,39)/t24-,25+,27-,28-,29+,33-/m0/s1. The SMILES string of the molecule is C=CCCC(=O)NC[C@H](C)OC(=O)[C@@H]1[C@H]2C(=O)N(CCCCCCO)[C@H](C(=O)N(CC=C)CCN3CCOCC3)[C@]23CC[C@H]1O3. The molecule has 0 aromatic rings. The number of aliphatic hydroxyl groups is 1. The second-order valence-corrected chi connectivity index (χ2v) is 12.6. The first-order valence-corrected chi connectivity index (χ1v) is 16.6. The number of aliphatic hydroxyl groups excluding tert-OH is 1. The summed E-state index contributed by atoms with van der Waals surface area (Å²) in [5, 5.41) is 12.0. The van der Waals surface area contributed by atoms with Crippen LogP contribution in [0.15, 0.2) is 25.3 Å². The van der Waals surface area contributed by atoms with Gasteiger partial charge in [0, 0.05) is 52.3 Å². The molecule has 1 spiro atoms. The van der Waals surface area contributed by atoms with E-state index in [1.807, 2.05) is 0 Å². The Labute approximate surface area is 267 Å². The Kier molecular flexibility index (Phi) is 13.0. The van der Waals surface area contributed by atoms with Gasteiger partial charge in [-0.05, 0) is 39.0 Å². The van der Waals surface area contributed by atoms with Crippen LogP contribution in [0.4, 0.5) is 0 Å². The molecule has 4 rings (SSSR count). The zero-order valence-electron chi connectivity index (χ0n) is 26.8. The van der Waals surface area contributed by atoms with E-state index in [1.54, 1.807) is 28.9 Å². The number of carbonyl (C=O) groups excluding carboxylic acids is 4. The first kappa shape index (κ1) is 35.1. The maximum Gasteiger partial charge on any atom is 0.312 e. The van der Waals surface area contributed by atoms with E-state index in [2.05, 4.69) is 23.4 Å². The number of carbonyl (C=O) groups is 4. The fraction of sp³-hybridized carbons (Fsp3) is 0.758. The molecule has 0 aromatic heterocycles. The number of hydrogen-bond donors (Lipinski definition) is 2. The van der Waals surface area contributed by atoms with Crippen LogP contribution in [0.2, 0.25) is 0 Å². The molecule has 0 radical (unpaired) electrons. The van der Waals surface area contributed by atoms with Gasteiger partial charge in [0.05, 0.1) is 37.7 Å². The van der Waals surface area contributed by atoms with Crippen molar-refractivity contribution in [3.05, 3.63) is 25.3 Å². The Morgan fingerprint density at radius 3 is 2.62 bits per heavy atom. The number of nitrogens with one attached hydrogen (secondary N) is 1. The van der Waals surface area contributed by atoms with Gasteiger partial charge < -0.3 is 34.4 Å². The van der Waals surface area contributed by atoms with Gasteiger partial charge in [-0.3, -0.25) is 24.1 Å². The van der Waals surface area contributed by atoms with Gasteiger partial charge >= 0.3 is 5.97 Å². The molecule has 12 nitrogen and oxygen atoms in total. The summed E-state index contributed by atoms with van der Waals surface area (Å²) in [6.07, 6.45) is 7.18. The second kappa shape index (κ2) is 16.7. The zero-order chi connectivity index (χ0) is 32.4. The molecule has 0 aliphatic carbocycles. The van der Waals surface area contributed by atoms with Crippen LogP contribution in [-0.4, -0.2) is 133 Å². The summed E-state index contributed by atoms with van der Waals surface area (Å²) in [5.41, 5.74) is -1.10. The first-order valence-electron chi connectivity index (χ1n) is 16.6. The van der Waals surface area contributed by atoms with E-state index in [0.29, 0.717) is 77.9 Å². The number of allylic oxidation sites excluding steroid dienone is 1. The van der Waals surface area contributed by atoms with Gasteiger partial charge in [0.2, 0.25) is 17.7 Å². The molecule has 4 fully saturated rings. The molecule has 4 aliphatic rings. The molecule has 3 amide bonds. The molecule has 6 atom stereocenters. The lowest BCUT2D eigenvalue weighted by Crippen LogP contribution is -2.57. The minimum absolute atomic E-state index is 0.116. The van der Waals surface area contributed by atoms with Gasteiger partial charge in [0.25, 0.3) is 0 Å². The van der Waals surface area contributed by atoms with E-state index in [1.165, 1.54) is 0 Å². The van der Waals surface area contributed by atoms with Crippen LogP contribution in [-0.2, 0) is 33.4 Å². The summed E-state index contributed by atoms with van der Waals surface area (Å²) in [4.78, 5) is 60.0. The number of rotatable bonds is 19. The fourth-order valence-electron chi connectivity index (χ4n) is 7.29. The van der Waals surface area contributed by atoms with Crippen LogP contribution in [0.1, 0.15) is 58.3 Å². The molecule has 45 heavy (non-hydrogen) atoms. The van der Waals surface area contributed by atoms with Gasteiger partial charge in [-0.25, -0.2) is 0 Å². The molecule has 2 bridgehead atoms. The topological polar surface area (TPSA) is 138 Å². The van der Waals surface area contributed by atoms with E-state index in [0.717, 1.165) is 25.9 Å². The minimum Gasteiger partial charge on any atom is -0.460 e. The molecular formula is C33H52N4O8. The van der Waals surface area contributed by atoms with Crippen molar-refractivity contribution in [3.63, 3.8) is 0 Å². The van der Waals surface area contributed by atoms with Crippen molar-refractivity contribution in [2.24, 2.45) is 11.8 Å². The summed E-state index contributed by atoms with van der Waals surface area (Å²) in [7, 11) is 0. The smallest absolute Gasteiger partial charge is 0.312 e. The molecule has 0 unspecified atom stereocenters. The van der Waals surface area contributed by atoms with E-state index in [4.69, 9.17) is 14.2 Å². The Morgan fingerprint density at radius 2 is 1.91 bits per heavy atom. The molecule has 4 aliphatic heterocycles. The zero-order valence-corrected chi connectivity index (χ0v) is 26.8. The van der Waals surface area contributed by atoms with E-state index >= 15 is 0 Å². The monoisotopic (exact) mass is 632 g/mol. The third kappa shape index (κ3) is 8.14.